The Labute approximate surface area is 184 Å². The largest absolute Gasteiger partial charge is 0.496 e. The maximum atomic E-state index is 12.8. The zero-order chi connectivity index (χ0) is 22.0. The summed E-state index contributed by atoms with van der Waals surface area (Å²) < 4.78 is 38.2. The third kappa shape index (κ3) is 4.53. The molecule has 2 aromatic rings. The van der Waals surface area contributed by atoms with Gasteiger partial charge in [-0.15, -0.1) is 0 Å². The molecular weight excluding hydrogens is 416 g/mol. The molecule has 4 rings (SSSR count). The lowest BCUT2D eigenvalue weighted by molar-refractivity contribution is 0.122. The molecule has 0 unspecified atom stereocenters. The summed E-state index contributed by atoms with van der Waals surface area (Å²) in [6.45, 7) is 6.94. The molecule has 0 amide bonds. The third-order valence-corrected chi connectivity index (χ3v) is 8.08. The van der Waals surface area contributed by atoms with Crippen LogP contribution >= 0.6 is 0 Å². The van der Waals surface area contributed by atoms with E-state index in [1.807, 2.05) is 24.3 Å². The number of morpholine rings is 1. The molecule has 0 aliphatic carbocycles. The fourth-order valence-corrected chi connectivity index (χ4v) is 5.32. The second kappa shape index (κ2) is 9.10. The number of rotatable bonds is 6. The lowest BCUT2D eigenvalue weighted by atomic mass is 10.1. The van der Waals surface area contributed by atoms with E-state index in [-0.39, 0.29) is 0 Å². The zero-order valence-corrected chi connectivity index (χ0v) is 19.2. The second-order valence-electron chi connectivity index (χ2n) is 8.15. The van der Waals surface area contributed by atoms with E-state index in [4.69, 9.17) is 19.4 Å². The van der Waals surface area contributed by atoms with Crippen molar-refractivity contribution >= 4 is 15.8 Å². The Kier molecular flexibility index (Phi) is 6.45. The molecule has 168 valence electrons. The minimum Gasteiger partial charge on any atom is -0.496 e. The highest BCUT2D eigenvalue weighted by Crippen LogP contribution is 2.30. The Morgan fingerprint density at radius 1 is 1.13 bits per heavy atom. The molecule has 0 atom stereocenters. The van der Waals surface area contributed by atoms with E-state index in [2.05, 4.69) is 4.90 Å². The number of methoxy groups -OCH3 is 1. The van der Waals surface area contributed by atoms with Crippen LogP contribution in [-0.4, -0.2) is 67.9 Å². The average Bonchev–Trinajstić information content (AvgIpc) is 2.79. The predicted octanol–water partition coefficient (Wildman–Crippen LogP) is 2.01. The molecule has 0 bridgehead atoms. The van der Waals surface area contributed by atoms with Gasteiger partial charge in [0, 0.05) is 50.1 Å². The first-order chi connectivity index (χ1) is 14.9. The van der Waals surface area contributed by atoms with Gasteiger partial charge in [0.05, 0.1) is 31.3 Å². The standard InChI is InChI=1S/C22H30N4O4S/c1-16(2)31(27,28)26-9-8-19-18(15-26)22(25-10-12-30-13-11-25)24-21(23-19)14-17-6-4-5-7-20(17)29-3/h4-7,16H,8-15H2,1-3H3. The van der Waals surface area contributed by atoms with Crippen LogP contribution in [0.3, 0.4) is 0 Å². The lowest BCUT2D eigenvalue weighted by Crippen LogP contribution is -2.43. The molecule has 1 aromatic carbocycles. The Balaban J connectivity index is 1.72. The third-order valence-electron chi connectivity index (χ3n) is 5.86. The molecule has 8 nitrogen and oxygen atoms in total. The van der Waals surface area contributed by atoms with Crippen molar-refractivity contribution in [2.24, 2.45) is 0 Å². The highest BCUT2D eigenvalue weighted by Gasteiger charge is 2.33. The highest BCUT2D eigenvalue weighted by atomic mass is 32.2. The molecule has 0 N–H and O–H groups in total. The Morgan fingerprint density at radius 3 is 2.58 bits per heavy atom. The SMILES string of the molecule is COc1ccccc1Cc1nc2c(c(N3CCOCC3)n1)CN(S(=O)(=O)C(C)C)CC2. The van der Waals surface area contributed by atoms with Crippen LogP contribution in [0.2, 0.25) is 0 Å². The number of aromatic nitrogens is 2. The second-order valence-corrected chi connectivity index (χ2v) is 10.6. The molecule has 0 spiro atoms. The van der Waals surface area contributed by atoms with E-state index in [0.717, 1.165) is 47.3 Å². The maximum absolute atomic E-state index is 12.8. The van der Waals surface area contributed by atoms with Crippen LogP contribution in [0, 0.1) is 0 Å². The first kappa shape index (κ1) is 22.0. The number of hydrogen-bond acceptors (Lipinski definition) is 7. The topological polar surface area (TPSA) is 84.9 Å². The van der Waals surface area contributed by atoms with Gasteiger partial charge in [-0.2, -0.15) is 4.31 Å². The van der Waals surface area contributed by atoms with E-state index in [0.29, 0.717) is 39.1 Å². The molecule has 9 heteroatoms. The van der Waals surface area contributed by atoms with Crippen molar-refractivity contribution in [1.29, 1.82) is 0 Å². The number of fused-ring (bicyclic) bond motifs is 1. The van der Waals surface area contributed by atoms with Crippen molar-refractivity contribution in [2.45, 2.75) is 38.5 Å². The molecule has 2 aliphatic rings. The summed E-state index contributed by atoms with van der Waals surface area (Å²) >= 11 is 0. The Hall–Kier alpha value is -2.23. The number of benzene rings is 1. The molecular formula is C22H30N4O4S. The Morgan fingerprint density at radius 2 is 1.87 bits per heavy atom. The van der Waals surface area contributed by atoms with Crippen LogP contribution in [0.15, 0.2) is 24.3 Å². The molecule has 0 saturated carbocycles. The monoisotopic (exact) mass is 446 g/mol. The van der Waals surface area contributed by atoms with Gasteiger partial charge in [0.15, 0.2) is 0 Å². The summed E-state index contributed by atoms with van der Waals surface area (Å²) in [5, 5.41) is -0.452. The summed E-state index contributed by atoms with van der Waals surface area (Å²) in [6.07, 6.45) is 1.14. The van der Waals surface area contributed by atoms with E-state index in [1.165, 1.54) is 0 Å². The van der Waals surface area contributed by atoms with Gasteiger partial charge in [-0.25, -0.2) is 18.4 Å². The van der Waals surface area contributed by atoms with Gasteiger partial charge in [0.25, 0.3) is 0 Å². The van der Waals surface area contributed by atoms with Crippen molar-refractivity contribution in [3.05, 3.63) is 46.9 Å². The summed E-state index contributed by atoms with van der Waals surface area (Å²) in [5.74, 6) is 2.37. The van der Waals surface area contributed by atoms with Crippen molar-refractivity contribution in [1.82, 2.24) is 14.3 Å². The first-order valence-electron chi connectivity index (χ1n) is 10.7. The quantitative estimate of drug-likeness (QED) is 0.671. The van der Waals surface area contributed by atoms with Crippen LogP contribution < -0.4 is 9.64 Å². The summed E-state index contributed by atoms with van der Waals surface area (Å²) in [4.78, 5) is 12.0. The van der Waals surface area contributed by atoms with E-state index >= 15 is 0 Å². The van der Waals surface area contributed by atoms with Crippen LogP contribution in [0.5, 0.6) is 5.75 Å². The fraction of sp³-hybridized carbons (Fsp3) is 0.545. The predicted molar refractivity (Wildman–Crippen MR) is 119 cm³/mol. The van der Waals surface area contributed by atoms with Gasteiger partial charge in [-0.05, 0) is 19.9 Å². The van der Waals surface area contributed by atoms with Crippen LogP contribution in [0.1, 0.15) is 36.5 Å². The van der Waals surface area contributed by atoms with Crippen molar-refractivity contribution in [3.8, 4) is 5.75 Å². The van der Waals surface area contributed by atoms with E-state index < -0.39 is 15.3 Å². The van der Waals surface area contributed by atoms with Gasteiger partial charge in [0.1, 0.15) is 17.4 Å². The van der Waals surface area contributed by atoms with Gasteiger partial charge >= 0.3 is 0 Å². The molecule has 1 aromatic heterocycles. The lowest BCUT2D eigenvalue weighted by Gasteiger charge is -2.34. The van der Waals surface area contributed by atoms with Crippen molar-refractivity contribution < 1.29 is 17.9 Å². The zero-order valence-electron chi connectivity index (χ0n) is 18.4. The van der Waals surface area contributed by atoms with Crippen molar-refractivity contribution in [3.63, 3.8) is 0 Å². The summed E-state index contributed by atoms with van der Waals surface area (Å²) in [5.41, 5.74) is 2.88. The number of para-hydroxylation sites is 1. The van der Waals surface area contributed by atoms with E-state index in [1.54, 1.807) is 25.3 Å². The van der Waals surface area contributed by atoms with Crippen LogP contribution in [0.25, 0.3) is 0 Å². The first-order valence-corrected chi connectivity index (χ1v) is 12.2. The van der Waals surface area contributed by atoms with Gasteiger partial charge < -0.3 is 14.4 Å². The van der Waals surface area contributed by atoms with Crippen LogP contribution in [-0.2, 0) is 34.1 Å². The minimum atomic E-state index is -3.34. The molecule has 2 aliphatic heterocycles. The Bertz CT molecular complexity index is 1040. The van der Waals surface area contributed by atoms with Gasteiger partial charge in [0.2, 0.25) is 10.0 Å². The minimum absolute atomic E-state index is 0.317. The number of nitrogens with zero attached hydrogens (tertiary/aromatic N) is 4. The van der Waals surface area contributed by atoms with Gasteiger partial charge in [-0.1, -0.05) is 18.2 Å². The normalized spacial score (nSPS) is 17.6. The molecule has 0 radical (unpaired) electrons. The number of ether oxygens (including phenoxy) is 2. The highest BCUT2D eigenvalue weighted by molar-refractivity contribution is 7.89. The number of hydrogen-bond donors (Lipinski definition) is 0. The summed E-state index contributed by atoms with van der Waals surface area (Å²) in [7, 11) is -1.68. The summed E-state index contributed by atoms with van der Waals surface area (Å²) in [6, 6.07) is 7.88. The molecule has 31 heavy (non-hydrogen) atoms. The van der Waals surface area contributed by atoms with Crippen molar-refractivity contribution in [2.75, 3.05) is 44.9 Å². The molecule has 1 fully saturated rings. The van der Waals surface area contributed by atoms with Crippen LogP contribution in [0.4, 0.5) is 5.82 Å². The van der Waals surface area contributed by atoms with E-state index in [9.17, 15) is 8.42 Å². The maximum Gasteiger partial charge on any atom is 0.216 e. The number of sulfonamides is 1. The number of anilines is 1. The smallest absolute Gasteiger partial charge is 0.216 e. The fourth-order valence-electron chi connectivity index (χ4n) is 4.07. The molecule has 3 heterocycles. The van der Waals surface area contributed by atoms with Gasteiger partial charge in [-0.3, -0.25) is 0 Å². The average molecular weight is 447 g/mol. The molecule has 1 saturated heterocycles.